The number of nitrogens with zero attached hydrogens (tertiary/aromatic N) is 2. The number of hydrogen-bond donors (Lipinski definition) is 2. The summed E-state index contributed by atoms with van der Waals surface area (Å²) in [4.78, 5) is 30.0. The zero-order valence-corrected chi connectivity index (χ0v) is 21.1. The highest BCUT2D eigenvalue weighted by Gasteiger charge is 2.34. The summed E-state index contributed by atoms with van der Waals surface area (Å²) in [6.07, 6.45) is 0. The lowest BCUT2D eigenvalue weighted by Crippen LogP contribution is -2.51. The van der Waals surface area contributed by atoms with Gasteiger partial charge in [0.1, 0.15) is 11.5 Å². The van der Waals surface area contributed by atoms with E-state index >= 15 is 0 Å². The van der Waals surface area contributed by atoms with Crippen LogP contribution in [0.25, 0.3) is 0 Å². The van der Waals surface area contributed by atoms with Gasteiger partial charge in [0.15, 0.2) is 0 Å². The second kappa shape index (κ2) is 11.8. The lowest BCUT2D eigenvalue weighted by Gasteiger charge is -2.38. The zero-order chi connectivity index (χ0) is 25.5. The van der Waals surface area contributed by atoms with Crippen LogP contribution in [0.2, 0.25) is 0 Å². The van der Waals surface area contributed by atoms with Crippen LogP contribution in [0, 0.1) is 0 Å². The van der Waals surface area contributed by atoms with Gasteiger partial charge in [-0.2, -0.15) is 0 Å². The number of rotatable bonds is 9. The van der Waals surface area contributed by atoms with E-state index in [0.717, 1.165) is 48.9 Å². The number of methoxy groups -OCH3 is 1. The smallest absolute Gasteiger partial charge is 0.338 e. The average Bonchev–Trinajstić information content (AvgIpc) is 2.90. The summed E-state index contributed by atoms with van der Waals surface area (Å²) in [6, 6.07) is 14.5. The molecule has 192 valence electrons. The fourth-order valence-corrected chi connectivity index (χ4v) is 4.63. The van der Waals surface area contributed by atoms with Gasteiger partial charge in [0.25, 0.3) is 0 Å². The van der Waals surface area contributed by atoms with E-state index in [1.54, 1.807) is 0 Å². The van der Waals surface area contributed by atoms with Gasteiger partial charge in [-0.15, -0.1) is 0 Å². The molecular weight excluding hydrogens is 460 g/mol. The predicted octanol–water partition coefficient (Wildman–Crippen LogP) is 3.09. The van der Waals surface area contributed by atoms with Gasteiger partial charge in [-0.05, 0) is 43.7 Å². The third kappa shape index (κ3) is 5.73. The standard InChI is InChI=1S/C27H34N4O5/c1-4-35-20-12-10-19(11-13-20)25-24(26(32)34-3)21(28-27(33)29-25)18-30-14-16-31(17-15-30)22-8-6-7-9-23(22)36-5-2/h6-13,25H,4-5,14-18H2,1-3H3,(H2,28,29,33)/t25-/m0/s1. The summed E-state index contributed by atoms with van der Waals surface area (Å²) < 4.78 is 16.4. The molecule has 0 radical (unpaired) electrons. The molecule has 0 bridgehead atoms. The SMILES string of the molecule is CCOc1ccc([C@@H]2NC(=O)NC(CN3CCN(c4ccccc4OCC)CC3)=C2C(=O)OC)cc1. The Morgan fingerprint density at radius 2 is 1.67 bits per heavy atom. The molecular formula is C27H34N4O5. The van der Waals surface area contributed by atoms with Crippen LogP contribution in [-0.4, -0.2) is 69.9 Å². The van der Waals surface area contributed by atoms with Crippen molar-refractivity contribution in [1.29, 1.82) is 0 Å². The molecule has 2 N–H and O–H groups in total. The molecule has 0 unspecified atom stereocenters. The van der Waals surface area contributed by atoms with Gasteiger partial charge in [-0.1, -0.05) is 24.3 Å². The van der Waals surface area contributed by atoms with Gasteiger partial charge in [0, 0.05) is 38.4 Å². The lowest BCUT2D eigenvalue weighted by atomic mass is 9.95. The van der Waals surface area contributed by atoms with Crippen molar-refractivity contribution < 1.29 is 23.8 Å². The van der Waals surface area contributed by atoms with Gasteiger partial charge in [0.05, 0.1) is 37.6 Å². The Labute approximate surface area is 212 Å². The second-order valence-corrected chi connectivity index (χ2v) is 8.58. The molecule has 9 nitrogen and oxygen atoms in total. The molecule has 0 aromatic heterocycles. The number of nitrogens with one attached hydrogen (secondary N) is 2. The molecule has 0 saturated carbocycles. The monoisotopic (exact) mass is 494 g/mol. The molecule has 1 saturated heterocycles. The average molecular weight is 495 g/mol. The summed E-state index contributed by atoms with van der Waals surface area (Å²) in [5.41, 5.74) is 2.83. The molecule has 0 spiro atoms. The number of para-hydroxylation sites is 2. The van der Waals surface area contributed by atoms with E-state index in [4.69, 9.17) is 14.2 Å². The molecule has 1 fully saturated rings. The number of piperazine rings is 1. The molecule has 2 aliphatic rings. The molecule has 2 aromatic rings. The van der Waals surface area contributed by atoms with E-state index in [1.165, 1.54) is 7.11 Å². The minimum Gasteiger partial charge on any atom is -0.494 e. The van der Waals surface area contributed by atoms with Crippen molar-refractivity contribution in [1.82, 2.24) is 15.5 Å². The molecule has 2 aliphatic heterocycles. The predicted molar refractivity (Wildman–Crippen MR) is 137 cm³/mol. The van der Waals surface area contributed by atoms with Crippen LogP contribution in [0.1, 0.15) is 25.5 Å². The van der Waals surface area contributed by atoms with Crippen LogP contribution in [0.15, 0.2) is 59.8 Å². The number of carbonyl (C=O) groups excluding carboxylic acids is 2. The van der Waals surface area contributed by atoms with E-state index in [9.17, 15) is 9.59 Å². The molecule has 36 heavy (non-hydrogen) atoms. The van der Waals surface area contributed by atoms with Crippen LogP contribution in [0.3, 0.4) is 0 Å². The van der Waals surface area contributed by atoms with Crippen LogP contribution in [0.4, 0.5) is 10.5 Å². The quantitative estimate of drug-likeness (QED) is 0.518. The fourth-order valence-electron chi connectivity index (χ4n) is 4.63. The topological polar surface area (TPSA) is 92.4 Å². The molecule has 0 aliphatic carbocycles. The van der Waals surface area contributed by atoms with E-state index in [1.807, 2.05) is 56.3 Å². The van der Waals surface area contributed by atoms with Crippen molar-refractivity contribution in [2.24, 2.45) is 0 Å². The number of amides is 2. The minimum atomic E-state index is -0.615. The highest BCUT2D eigenvalue weighted by Crippen LogP contribution is 2.31. The molecule has 1 atom stereocenters. The Kier molecular flexibility index (Phi) is 8.32. The fraction of sp³-hybridized carbons (Fsp3) is 0.407. The number of hydrogen-bond acceptors (Lipinski definition) is 7. The maximum Gasteiger partial charge on any atom is 0.338 e. The minimum absolute atomic E-state index is 0.346. The van der Waals surface area contributed by atoms with Crippen molar-refractivity contribution in [3.05, 3.63) is 65.4 Å². The van der Waals surface area contributed by atoms with E-state index in [-0.39, 0.29) is 6.03 Å². The Balaban J connectivity index is 1.52. The molecule has 9 heteroatoms. The normalized spacial score (nSPS) is 18.4. The lowest BCUT2D eigenvalue weighted by molar-refractivity contribution is -0.136. The maximum absolute atomic E-state index is 12.9. The van der Waals surface area contributed by atoms with Gasteiger partial charge in [-0.25, -0.2) is 9.59 Å². The first-order valence-electron chi connectivity index (χ1n) is 12.3. The Morgan fingerprint density at radius 1 is 0.972 bits per heavy atom. The third-order valence-electron chi connectivity index (χ3n) is 6.34. The molecule has 2 aromatic carbocycles. The summed E-state index contributed by atoms with van der Waals surface area (Å²) in [5, 5.41) is 5.73. The largest absolute Gasteiger partial charge is 0.494 e. The highest BCUT2D eigenvalue weighted by atomic mass is 16.5. The Hall–Kier alpha value is -3.72. The van der Waals surface area contributed by atoms with Crippen molar-refractivity contribution in [2.45, 2.75) is 19.9 Å². The number of ether oxygens (including phenoxy) is 3. The zero-order valence-electron chi connectivity index (χ0n) is 21.1. The summed E-state index contributed by atoms with van der Waals surface area (Å²) >= 11 is 0. The van der Waals surface area contributed by atoms with Gasteiger partial charge in [-0.3, -0.25) is 4.90 Å². The molecule has 2 amide bonds. The third-order valence-corrected chi connectivity index (χ3v) is 6.34. The first-order valence-corrected chi connectivity index (χ1v) is 12.3. The van der Waals surface area contributed by atoms with Gasteiger partial charge >= 0.3 is 12.0 Å². The van der Waals surface area contributed by atoms with E-state index in [2.05, 4.69) is 26.5 Å². The summed E-state index contributed by atoms with van der Waals surface area (Å²) in [7, 11) is 1.35. The first kappa shape index (κ1) is 25.4. The van der Waals surface area contributed by atoms with Crippen LogP contribution < -0.4 is 25.0 Å². The van der Waals surface area contributed by atoms with Crippen molar-refractivity contribution >= 4 is 17.7 Å². The number of benzene rings is 2. The first-order chi connectivity index (χ1) is 17.5. The molecule has 4 rings (SSSR count). The van der Waals surface area contributed by atoms with Crippen LogP contribution in [-0.2, 0) is 9.53 Å². The Morgan fingerprint density at radius 3 is 2.33 bits per heavy atom. The van der Waals surface area contributed by atoms with Crippen molar-refractivity contribution in [3.8, 4) is 11.5 Å². The van der Waals surface area contributed by atoms with Crippen LogP contribution in [0.5, 0.6) is 11.5 Å². The van der Waals surface area contributed by atoms with Crippen molar-refractivity contribution in [3.63, 3.8) is 0 Å². The van der Waals surface area contributed by atoms with Gasteiger partial charge < -0.3 is 29.7 Å². The maximum atomic E-state index is 12.9. The summed E-state index contributed by atoms with van der Waals surface area (Å²) in [6.45, 7) is 8.67. The van der Waals surface area contributed by atoms with Gasteiger partial charge in [0.2, 0.25) is 0 Å². The van der Waals surface area contributed by atoms with Crippen molar-refractivity contribution in [2.75, 3.05) is 57.9 Å². The number of urea groups is 1. The highest BCUT2D eigenvalue weighted by molar-refractivity contribution is 5.95. The number of anilines is 1. The second-order valence-electron chi connectivity index (χ2n) is 8.58. The van der Waals surface area contributed by atoms with Crippen LogP contribution >= 0.6 is 0 Å². The van der Waals surface area contributed by atoms with E-state index < -0.39 is 12.0 Å². The molecule has 2 heterocycles. The van der Waals surface area contributed by atoms with E-state index in [0.29, 0.717) is 31.0 Å². The Bertz CT molecular complexity index is 1090. The summed E-state index contributed by atoms with van der Waals surface area (Å²) in [5.74, 6) is 1.14. The number of esters is 1. The number of carbonyl (C=O) groups is 2.